The Kier molecular flexibility index (Phi) is 10.3. The van der Waals surface area contributed by atoms with Crippen LogP contribution in [0.5, 0.6) is 0 Å². The molecule has 2 aromatic rings. The number of guanidine groups is 1. The summed E-state index contributed by atoms with van der Waals surface area (Å²) in [5.74, 6) is 0.235. The summed E-state index contributed by atoms with van der Waals surface area (Å²) in [5, 5.41) is 6.21. The minimum Gasteiger partial charge on any atom is -0.357 e. The van der Waals surface area contributed by atoms with Crippen molar-refractivity contribution in [2.24, 2.45) is 4.99 Å². The van der Waals surface area contributed by atoms with Crippen LogP contribution in [0.25, 0.3) is 0 Å². The van der Waals surface area contributed by atoms with Crippen LogP contribution in [0.2, 0.25) is 0 Å². The van der Waals surface area contributed by atoms with Crippen molar-refractivity contribution in [3.63, 3.8) is 0 Å². The molecule has 0 heterocycles. The molecule has 0 aromatic heterocycles. The van der Waals surface area contributed by atoms with E-state index in [2.05, 4.69) is 15.6 Å². The van der Waals surface area contributed by atoms with Gasteiger partial charge in [-0.2, -0.15) is 0 Å². The molecule has 148 valence electrons. The molecular weight excluding hydrogens is 480 g/mol. The molecule has 0 spiro atoms. The molecule has 0 bridgehead atoms. The van der Waals surface area contributed by atoms with Crippen LogP contribution >= 0.6 is 24.0 Å². The third-order valence-electron chi connectivity index (χ3n) is 3.67. The number of hydrogen-bond donors (Lipinski definition) is 2. The molecule has 2 N–H and O–H groups in total. The fraction of sp³-hybridized carbons (Fsp3) is 0.316. The number of benzene rings is 2. The van der Waals surface area contributed by atoms with Crippen molar-refractivity contribution < 1.29 is 12.8 Å². The molecule has 2 aromatic carbocycles. The molecule has 0 radical (unpaired) electrons. The first-order valence-electron chi connectivity index (χ1n) is 8.55. The summed E-state index contributed by atoms with van der Waals surface area (Å²) in [7, 11) is -3.34. The van der Waals surface area contributed by atoms with Crippen LogP contribution in [0.15, 0.2) is 64.5 Å². The lowest BCUT2D eigenvalue weighted by Crippen LogP contribution is -2.38. The maximum Gasteiger partial charge on any atom is 0.191 e. The predicted octanol–water partition coefficient (Wildman–Crippen LogP) is 3.02. The molecule has 0 fully saturated rings. The fourth-order valence-corrected chi connectivity index (χ4v) is 3.52. The largest absolute Gasteiger partial charge is 0.357 e. The van der Waals surface area contributed by atoms with E-state index in [0.29, 0.717) is 30.4 Å². The van der Waals surface area contributed by atoms with Crippen molar-refractivity contribution in [1.82, 2.24) is 10.6 Å². The molecule has 0 saturated heterocycles. The van der Waals surface area contributed by atoms with Crippen LogP contribution in [0.1, 0.15) is 12.5 Å². The van der Waals surface area contributed by atoms with Crippen molar-refractivity contribution in [3.05, 3.63) is 66.0 Å². The van der Waals surface area contributed by atoms with E-state index in [1.807, 2.05) is 13.0 Å². The van der Waals surface area contributed by atoms with Gasteiger partial charge in [0.1, 0.15) is 5.82 Å². The zero-order valence-corrected chi connectivity index (χ0v) is 18.3. The Morgan fingerprint density at radius 3 is 2.48 bits per heavy atom. The Hall–Kier alpha value is -1.68. The topological polar surface area (TPSA) is 70.6 Å². The molecular formula is C19H25FIN3O2S. The second kappa shape index (κ2) is 11.9. The van der Waals surface area contributed by atoms with Gasteiger partial charge in [0.15, 0.2) is 15.8 Å². The van der Waals surface area contributed by atoms with Gasteiger partial charge in [0.2, 0.25) is 0 Å². The normalized spacial score (nSPS) is 11.6. The van der Waals surface area contributed by atoms with Gasteiger partial charge in [0.25, 0.3) is 0 Å². The summed E-state index contributed by atoms with van der Waals surface area (Å²) < 4.78 is 37.7. The van der Waals surface area contributed by atoms with E-state index >= 15 is 0 Å². The lowest BCUT2D eigenvalue weighted by Gasteiger charge is -2.11. The van der Waals surface area contributed by atoms with Crippen molar-refractivity contribution >= 4 is 39.8 Å². The minimum atomic E-state index is -3.34. The lowest BCUT2D eigenvalue weighted by molar-refractivity contribution is 0.596. The summed E-state index contributed by atoms with van der Waals surface area (Å²) in [5.41, 5.74) is 0.889. The van der Waals surface area contributed by atoms with E-state index in [0.717, 1.165) is 5.56 Å². The average molecular weight is 505 g/mol. The van der Waals surface area contributed by atoms with Crippen LogP contribution in [-0.4, -0.2) is 39.8 Å². The van der Waals surface area contributed by atoms with E-state index < -0.39 is 9.84 Å². The highest BCUT2D eigenvalue weighted by atomic mass is 127. The van der Waals surface area contributed by atoms with Crippen LogP contribution in [0.3, 0.4) is 0 Å². The summed E-state index contributed by atoms with van der Waals surface area (Å²) in [6, 6.07) is 14.8. The van der Waals surface area contributed by atoms with E-state index in [1.54, 1.807) is 36.4 Å². The SMILES string of the molecule is CCNC(=NCCS(=O)(=O)c1ccccc1)NCCc1cccc(F)c1.I. The van der Waals surface area contributed by atoms with Gasteiger partial charge in [-0.25, -0.2) is 12.8 Å². The molecule has 0 aliphatic heterocycles. The third-order valence-corrected chi connectivity index (χ3v) is 5.38. The first kappa shape index (κ1) is 23.4. The van der Waals surface area contributed by atoms with Crippen LogP contribution in [-0.2, 0) is 16.3 Å². The molecule has 0 aliphatic carbocycles. The zero-order chi connectivity index (χ0) is 18.8. The summed E-state index contributed by atoms with van der Waals surface area (Å²) in [6.45, 7) is 3.33. The molecule has 2 rings (SSSR count). The number of rotatable bonds is 8. The van der Waals surface area contributed by atoms with Gasteiger partial charge in [-0.15, -0.1) is 24.0 Å². The number of aliphatic imine (C=N–C) groups is 1. The lowest BCUT2D eigenvalue weighted by atomic mass is 10.1. The van der Waals surface area contributed by atoms with Gasteiger partial charge in [0.05, 0.1) is 17.2 Å². The fourth-order valence-electron chi connectivity index (χ4n) is 2.38. The second-order valence-corrected chi connectivity index (χ2v) is 7.81. The first-order valence-corrected chi connectivity index (χ1v) is 10.2. The smallest absolute Gasteiger partial charge is 0.191 e. The van der Waals surface area contributed by atoms with Crippen LogP contribution in [0, 0.1) is 5.82 Å². The summed E-state index contributed by atoms with van der Waals surface area (Å²) >= 11 is 0. The average Bonchev–Trinajstić information content (AvgIpc) is 2.62. The van der Waals surface area contributed by atoms with Crippen LogP contribution in [0.4, 0.5) is 4.39 Å². The maximum absolute atomic E-state index is 13.2. The number of nitrogens with one attached hydrogen (secondary N) is 2. The molecule has 8 heteroatoms. The Morgan fingerprint density at radius 2 is 1.81 bits per heavy atom. The standard InChI is InChI=1S/C19H24FN3O2S.HI/c1-2-21-19(22-12-11-16-7-6-8-17(20)15-16)23-13-14-26(24,25)18-9-4-3-5-10-18;/h3-10,15H,2,11-14H2,1H3,(H2,21,22,23);1H. The molecule has 0 amide bonds. The van der Waals surface area contributed by atoms with E-state index in [4.69, 9.17) is 0 Å². The van der Waals surface area contributed by atoms with E-state index in [-0.39, 0.29) is 42.1 Å². The van der Waals surface area contributed by atoms with Crippen molar-refractivity contribution in [2.45, 2.75) is 18.2 Å². The molecule has 0 unspecified atom stereocenters. The first-order chi connectivity index (χ1) is 12.5. The van der Waals surface area contributed by atoms with Gasteiger partial charge >= 0.3 is 0 Å². The Balaban J connectivity index is 0.00000364. The minimum absolute atomic E-state index is 0. The van der Waals surface area contributed by atoms with E-state index in [9.17, 15) is 12.8 Å². The van der Waals surface area contributed by atoms with Gasteiger partial charge in [-0.1, -0.05) is 30.3 Å². The number of halogens is 2. The Labute approximate surface area is 177 Å². The molecule has 0 aliphatic rings. The highest BCUT2D eigenvalue weighted by Crippen LogP contribution is 2.09. The monoisotopic (exact) mass is 505 g/mol. The second-order valence-electron chi connectivity index (χ2n) is 5.70. The molecule has 0 saturated carbocycles. The molecule has 5 nitrogen and oxygen atoms in total. The third kappa shape index (κ3) is 8.25. The number of sulfone groups is 1. The van der Waals surface area contributed by atoms with E-state index in [1.165, 1.54) is 12.1 Å². The van der Waals surface area contributed by atoms with Crippen molar-refractivity contribution in [1.29, 1.82) is 0 Å². The number of nitrogens with zero attached hydrogens (tertiary/aromatic N) is 1. The summed E-state index contributed by atoms with van der Waals surface area (Å²) in [6.07, 6.45) is 0.643. The highest BCUT2D eigenvalue weighted by Gasteiger charge is 2.13. The maximum atomic E-state index is 13.2. The Morgan fingerprint density at radius 1 is 1.07 bits per heavy atom. The van der Waals surface area contributed by atoms with Gasteiger partial charge < -0.3 is 10.6 Å². The Bertz CT molecular complexity index is 830. The zero-order valence-electron chi connectivity index (χ0n) is 15.2. The van der Waals surface area contributed by atoms with Crippen molar-refractivity contribution in [3.8, 4) is 0 Å². The van der Waals surface area contributed by atoms with Gasteiger partial charge in [0, 0.05) is 13.1 Å². The van der Waals surface area contributed by atoms with Gasteiger partial charge in [-0.3, -0.25) is 4.99 Å². The van der Waals surface area contributed by atoms with Crippen molar-refractivity contribution in [2.75, 3.05) is 25.4 Å². The molecule has 27 heavy (non-hydrogen) atoms. The van der Waals surface area contributed by atoms with Crippen LogP contribution < -0.4 is 10.6 Å². The predicted molar refractivity (Wildman–Crippen MR) is 118 cm³/mol. The quantitative estimate of drug-likeness (QED) is 0.329. The summed E-state index contributed by atoms with van der Waals surface area (Å²) in [4.78, 5) is 4.62. The highest BCUT2D eigenvalue weighted by molar-refractivity contribution is 14.0. The van der Waals surface area contributed by atoms with Gasteiger partial charge in [-0.05, 0) is 43.2 Å². The molecule has 0 atom stereocenters. The number of hydrogen-bond acceptors (Lipinski definition) is 3.